The van der Waals surface area contributed by atoms with E-state index in [9.17, 15) is 9.59 Å². The maximum atomic E-state index is 12.4. The molecule has 5 heteroatoms. The Morgan fingerprint density at radius 1 is 1.32 bits per heavy atom. The van der Waals surface area contributed by atoms with Gasteiger partial charge in [0, 0.05) is 19.1 Å². The fourth-order valence-electron chi connectivity index (χ4n) is 2.39. The first-order valence-corrected chi connectivity index (χ1v) is 7.06. The summed E-state index contributed by atoms with van der Waals surface area (Å²) in [6, 6.07) is -0.237. The van der Waals surface area contributed by atoms with Gasteiger partial charge in [-0.3, -0.25) is 4.79 Å². The zero-order valence-corrected chi connectivity index (χ0v) is 12.5. The van der Waals surface area contributed by atoms with Gasteiger partial charge in [-0.1, -0.05) is 20.3 Å². The number of carbonyl (C=O) groups excluding carboxylic acids is 1. The van der Waals surface area contributed by atoms with Crippen molar-refractivity contribution in [3.05, 3.63) is 0 Å². The van der Waals surface area contributed by atoms with E-state index in [4.69, 9.17) is 5.11 Å². The van der Waals surface area contributed by atoms with Crippen LogP contribution in [0.4, 0.5) is 4.79 Å². The summed E-state index contributed by atoms with van der Waals surface area (Å²) in [7, 11) is 0. The summed E-state index contributed by atoms with van der Waals surface area (Å²) in [5, 5.41) is 8.89. The minimum Gasteiger partial charge on any atom is -0.480 e. The van der Waals surface area contributed by atoms with Crippen molar-refractivity contribution in [1.29, 1.82) is 0 Å². The van der Waals surface area contributed by atoms with Crippen LogP contribution in [0.25, 0.3) is 0 Å². The molecule has 2 amide bonds. The first-order chi connectivity index (χ1) is 8.79. The number of likely N-dealkylation sites (tertiary alicyclic amines) is 1. The van der Waals surface area contributed by atoms with Crippen molar-refractivity contribution in [1.82, 2.24) is 9.80 Å². The average molecular weight is 270 g/mol. The van der Waals surface area contributed by atoms with Gasteiger partial charge in [0.15, 0.2) is 0 Å². The van der Waals surface area contributed by atoms with Crippen LogP contribution in [0, 0.1) is 5.41 Å². The van der Waals surface area contributed by atoms with Gasteiger partial charge in [0.2, 0.25) is 0 Å². The highest BCUT2D eigenvalue weighted by Crippen LogP contribution is 2.34. The number of carboxylic acids is 1. The summed E-state index contributed by atoms with van der Waals surface area (Å²) in [4.78, 5) is 26.4. The van der Waals surface area contributed by atoms with Crippen molar-refractivity contribution in [2.75, 3.05) is 19.6 Å². The van der Waals surface area contributed by atoms with Gasteiger partial charge >= 0.3 is 12.0 Å². The van der Waals surface area contributed by atoms with E-state index in [1.54, 1.807) is 4.90 Å². The van der Waals surface area contributed by atoms with E-state index in [0.717, 1.165) is 32.4 Å². The molecule has 0 radical (unpaired) electrons. The molecular formula is C14H26N2O3. The molecule has 0 aromatic rings. The highest BCUT2D eigenvalue weighted by molar-refractivity contribution is 5.80. The highest BCUT2D eigenvalue weighted by Gasteiger charge is 2.33. The number of urea groups is 1. The summed E-state index contributed by atoms with van der Waals surface area (Å²) in [6.07, 6.45) is 3.11. The fraction of sp³-hybridized carbons (Fsp3) is 0.857. The first kappa shape index (κ1) is 15.8. The van der Waals surface area contributed by atoms with Crippen LogP contribution >= 0.6 is 0 Å². The van der Waals surface area contributed by atoms with Crippen LogP contribution in [0.15, 0.2) is 0 Å². The third-order valence-corrected chi connectivity index (χ3v) is 4.27. The average Bonchev–Trinajstić information content (AvgIpc) is 2.35. The second-order valence-electron chi connectivity index (χ2n) is 6.05. The molecule has 0 aromatic carbocycles. The van der Waals surface area contributed by atoms with E-state index in [1.807, 2.05) is 13.8 Å². The molecule has 1 rings (SSSR count). The van der Waals surface area contributed by atoms with Crippen LogP contribution in [-0.4, -0.2) is 52.6 Å². The van der Waals surface area contributed by atoms with Crippen LogP contribution in [0.3, 0.4) is 0 Å². The molecule has 1 fully saturated rings. The second kappa shape index (κ2) is 6.26. The molecule has 110 valence electrons. The third kappa shape index (κ3) is 4.11. The largest absolute Gasteiger partial charge is 0.480 e. The van der Waals surface area contributed by atoms with E-state index in [1.165, 1.54) is 4.90 Å². The van der Waals surface area contributed by atoms with Crippen molar-refractivity contribution in [2.45, 2.75) is 53.0 Å². The van der Waals surface area contributed by atoms with E-state index in [-0.39, 0.29) is 18.6 Å². The summed E-state index contributed by atoms with van der Waals surface area (Å²) < 4.78 is 0. The molecule has 1 saturated heterocycles. The van der Waals surface area contributed by atoms with E-state index in [0.29, 0.717) is 5.41 Å². The number of amides is 2. The van der Waals surface area contributed by atoms with Crippen LogP contribution in [0.5, 0.6) is 0 Å². The topological polar surface area (TPSA) is 60.9 Å². The minimum atomic E-state index is -0.961. The predicted octanol–water partition coefficient (Wildman–Crippen LogP) is 2.41. The van der Waals surface area contributed by atoms with E-state index >= 15 is 0 Å². The maximum Gasteiger partial charge on any atom is 0.323 e. The van der Waals surface area contributed by atoms with Crippen LogP contribution in [-0.2, 0) is 4.79 Å². The molecule has 0 aromatic heterocycles. The van der Waals surface area contributed by atoms with E-state index in [2.05, 4.69) is 13.8 Å². The number of piperidine rings is 1. The van der Waals surface area contributed by atoms with Gasteiger partial charge in [0.05, 0.1) is 0 Å². The Bertz CT molecular complexity index is 334. The summed E-state index contributed by atoms with van der Waals surface area (Å²) in [6.45, 7) is 9.37. The molecule has 0 spiro atoms. The number of rotatable bonds is 4. The number of nitrogens with zero attached hydrogens (tertiary/aromatic N) is 2. The highest BCUT2D eigenvalue weighted by atomic mass is 16.4. The molecule has 1 aliphatic heterocycles. The van der Waals surface area contributed by atoms with Gasteiger partial charge in [-0.05, 0) is 32.1 Å². The monoisotopic (exact) mass is 270 g/mol. The van der Waals surface area contributed by atoms with Crippen LogP contribution in [0.1, 0.15) is 47.0 Å². The first-order valence-electron chi connectivity index (χ1n) is 7.06. The Balaban J connectivity index is 2.64. The Morgan fingerprint density at radius 3 is 2.21 bits per heavy atom. The van der Waals surface area contributed by atoms with Crippen LogP contribution < -0.4 is 0 Å². The zero-order valence-electron chi connectivity index (χ0n) is 12.5. The molecule has 1 aliphatic rings. The number of hydrogen-bond acceptors (Lipinski definition) is 2. The number of hydrogen-bond donors (Lipinski definition) is 1. The molecule has 1 N–H and O–H groups in total. The standard InChI is InChI=1S/C14H26N2O3/c1-5-14(4)6-8-15(9-7-14)13(19)16(11(2)3)10-12(17)18/h11H,5-10H2,1-4H3,(H,17,18). The van der Waals surface area contributed by atoms with Crippen molar-refractivity contribution in [3.63, 3.8) is 0 Å². The Kier molecular flexibility index (Phi) is 5.20. The van der Waals surface area contributed by atoms with Gasteiger partial charge in [-0.25, -0.2) is 4.79 Å². The number of carbonyl (C=O) groups is 2. The third-order valence-electron chi connectivity index (χ3n) is 4.27. The quantitative estimate of drug-likeness (QED) is 0.853. The fourth-order valence-corrected chi connectivity index (χ4v) is 2.39. The van der Waals surface area contributed by atoms with Crippen molar-refractivity contribution in [2.24, 2.45) is 5.41 Å². The lowest BCUT2D eigenvalue weighted by molar-refractivity contribution is -0.138. The van der Waals surface area contributed by atoms with Crippen molar-refractivity contribution < 1.29 is 14.7 Å². The Labute approximate surface area is 115 Å². The van der Waals surface area contributed by atoms with Crippen LogP contribution in [0.2, 0.25) is 0 Å². The van der Waals surface area contributed by atoms with E-state index < -0.39 is 5.97 Å². The van der Waals surface area contributed by atoms with Crippen molar-refractivity contribution in [3.8, 4) is 0 Å². The normalized spacial score (nSPS) is 18.5. The predicted molar refractivity (Wildman–Crippen MR) is 74.1 cm³/mol. The molecular weight excluding hydrogens is 244 g/mol. The lowest BCUT2D eigenvalue weighted by Crippen LogP contribution is -2.51. The number of aliphatic carboxylic acids is 1. The molecule has 0 bridgehead atoms. The van der Waals surface area contributed by atoms with Gasteiger partial charge in [-0.15, -0.1) is 0 Å². The molecule has 0 unspecified atom stereocenters. The Hall–Kier alpha value is -1.26. The van der Waals surface area contributed by atoms with Gasteiger partial charge in [0.1, 0.15) is 6.54 Å². The van der Waals surface area contributed by atoms with Crippen molar-refractivity contribution >= 4 is 12.0 Å². The molecule has 1 heterocycles. The lowest BCUT2D eigenvalue weighted by Gasteiger charge is -2.41. The molecule has 19 heavy (non-hydrogen) atoms. The molecule has 0 atom stereocenters. The SMILES string of the molecule is CCC1(C)CCN(C(=O)N(CC(=O)O)C(C)C)CC1. The Morgan fingerprint density at radius 2 is 1.84 bits per heavy atom. The summed E-state index contributed by atoms with van der Waals surface area (Å²) >= 11 is 0. The summed E-state index contributed by atoms with van der Waals surface area (Å²) in [5.74, 6) is -0.961. The second-order valence-corrected chi connectivity index (χ2v) is 6.05. The smallest absolute Gasteiger partial charge is 0.323 e. The lowest BCUT2D eigenvalue weighted by atomic mass is 9.78. The molecule has 0 aliphatic carbocycles. The minimum absolute atomic E-state index is 0.0944. The molecule has 0 saturated carbocycles. The maximum absolute atomic E-state index is 12.4. The number of carboxylic acid groups (broad SMARTS) is 1. The van der Waals surface area contributed by atoms with Gasteiger partial charge < -0.3 is 14.9 Å². The molecule has 5 nitrogen and oxygen atoms in total. The van der Waals surface area contributed by atoms with Gasteiger partial charge in [-0.2, -0.15) is 0 Å². The van der Waals surface area contributed by atoms with Gasteiger partial charge in [0.25, 0.3) is 0 Å². The zero-order chi connectivity index (χ0) is 14.6. The summed E-state index contributed by atoms with van der Waals surface area (Å²) in [5.41, 5.74) is 0.326.